The van der Waals surface area contributed by atoms with E-state index in [4.69, 9.17) is 10.8 Å². The average Bonchev–Trinajstić information content (AvgIpc) is 2.84. The highest BCUT2D eigenvalue weighted by Gasteiger charge is 2.18. The molecule has 3 N–H and O–H groups in total. The van der Waals surface area contributed by atoms with E-state index < -0.39 is 11.9 Å². The molecule has 2 aromatic rings. The highest BCUT2D eigenvalue weighted by atomic mass is 16.4. The zero-order valence-electron chi connectivity index (χ0n) is 8.89. The fraction of sp³-hybridized carbons (Fsp3) is 0.200. The molecule has 0 amide bonds. The summed E-state index contributed by atoms with van der Waals surface area (Å²) in [6.07, 6.45) is 4.40. The largest absolute Gasteiger partial charge is 0.481 e. The summed E-state index contributed by atoms with van der Waals surface area (Å²) in [6, 6.07) is 3.35. The van der Waals surface area contributed by atoms with Gasteiger partial charge in [0, 0.05) is 12.7 Å². The number of hydrogen-bond acceptors (Lipinski definition) is 5. The van der Waals surface area contributed by atoms with E-state index in [1.54, 1.807) is 12.1 Å². The molecule has 0 aliphatic heterocycles. The second-order valence-corrected chi connectivity index (χ2v) is 3.42. The van der Waals surface area contributed by atoms with Gasteiger partial charge >= 0.3 is 5.97 Å². The molecule has 2 aromatic heterocycles. The van der Waals surface area contributed by atoms with Crippen molar-refractivity contribution in [3.63, 3.8) is 0 Å². The lowest BCUT2D eigenvalue weighted by molar-refractivity contribution is -0.138. The summed E-state index contributed by atoms with van der Waals surface area (Å²) in [5, 5.41) is 12.9. The molecule has 1 atom stereocenters. The molecule has 17 heavy (non-hydrogen) atoms. The third kappa shape index (κ3) is 2.28. The van der Waals surface area contributed by atoms with Crippen molar-refractivity contribution >= 4 is 5.97 Å². The molecule has 0 radical (unpaired) electrons. The smallest absolute Gasteiger partial charge is 0.312 e. The normalized spacial score (nSPS) is 12.3. The van der Waals surface area contributed by atoms with E-state index in [1.165, 1.54) is 23.5 Å². The Morgan fingerprint density at radius 3 is 2.82 bits per heavy atom. The van der Waals surface area contributed by atoms with Crippen molar-refractivity contribution < 1.29 is 9.90 Å². The maximum atomic E-state index is 10.9. The van der Waals surface area contributed by atoms with Crippen molar-refractivity contribution in [1.29, 1.82) is 0 Å². The fourth-order valence-corrected chi connectivity index (χ4v) is 1.45. The monoisotopic (exact) mass is 233 g/mol. The van der Waals surface area contributed by atoms with Crippen LogP contribution >= 0.6 is 0 Å². The second-order valence-electron chi connectivity index (χ2n) is 3.42. The van der Waals surface area contributed by atoms with Gasteiger partial charge in [-0.1, -0.05) is 6.07 Å². The Bertz CT molecular complexity index is 494. The van der Waals surface area contributed by atoms with E-state index in [1.807, 2.05) is 0 Å². The van der Waals surface area contributed by atoms with Gasteiger partial charge in [-0.05, 0) is 11.6 Å². The molecule has 2 heterocycles. The van der Waals surface area contributed by atoms with Crippen LogP contribution in [0, 0.1) is 0 Å². The molecule has 0 bridgehead atoms. The first-order valence-electron chi connectivity index (χ1n) is 4.96. The molecular weight excluding hydrogens is 222 g/mol. The summed E-state index contributed by atoms with van der Waals surface area (Å²) < 4.78 is 1.49. The van der Waals surface area contributed by atoms with Crippen LogP contribution in [0.25, 0.3) is 5.82 Å². The van der Waals surface area contributed by atoms with Crippen LogP contribution in [0.4, 0.5) is 0 Å². The summed E-state index contributed by atoms with van der Waals surface area (Å²) >= 11 is 0. The van der Waals surface area contributed by atoms with Crippen LogP contribution in [-0.4, -0.2) is 37.4 Å². The van der Waals surface area contributed by atoms with Crippen molar-refractivity contribution in [3.05, 3.63) is 36.5 Å². The molecule has 0 aliphatic carbocycles. The number of rotatable bonds is 4. The van der Waals surface area contributed by atoms with E-state index in [-0.39, 0.29) is 6.54 Å². The number of hydrogen-bond donors (Lipinski definition) is 2. The van der Waals surface area contributed by atoms with Gasteiger partial charge in [-0.3, -0.25) is 4.79 Å². The molecular formula is C10H11N5O2. The van der Waals surface area contributed by atoms with Crippen LogP contribution in [0.15, 0.2) is 31.0 Å². The Morgan fingerprint density at radius 2 is 2.35 bits per heavy atom. The Balaban J connectivity index is 2.26. The number of nitrogens with zero attached hydrogens (tertiary/aromatic N) is 4. The first-order valence-corrected chi connectivity index (χ1v) is 4.96. The maximum Gasteiger partial charge on any atom is 0.312 e. The summed E-state index contributed by atoms with van der Waals surface area (Å²) in [4.78, 5) is 18.8. The predicted molar refractivity (Wildman–Crippen MR) is 58.6 cm³/mol. The van der Waals surface area contributed by atoms with Gasteiger partial charge < -0.3 is 10.8 Å². The van der Waals surface area contributed by atoms with Gasteiger partial charge in [-0.2, -0.15) is 5.10 Å². The van der Waals surface area contributed by atoms with E-state index in [0.29, 0.717) is 11.4 Å². The number of pyridine rings is 1. The molecule has 0 saturated carbocycles. The molecule has 7 heteroatoms. The van der Waals surface area contributed by atoms with Crippen LogP contribution < -0.4 is 5.73 Å². The SMILES string of the molecule is NCC(C(=O)O)c1ccc(-n2cncn2)nc1. The molecule has 0 fully saturated rings. The summed E-state index contributed by atoms with van der Waals surface area (Å²) in [6.45, 7) is 0.0414. The first-order chi connectivity index (χ1) is 8.22. The van der Waals surface area contributed by atoms with Crippen LogP contribution in [0.2, 0.25) is 0 Å². The molecule has 88 valence electrons. The van der Waals surface area contributed by atoms with Gasteiger partial charge in [0.15, 0.2) is 5.82 Å². The minimum absolute atomic E-state index is 0.0414. The third-order valence-corrected chi connectivity index (χ3v) is 2.36. The van der Waals surface area contributed by atoms with Crippen LogP contribution in [-0.2, 0) is 4.79 Å². The minimum atomic E-state index is -0.956. The zero-order valence-corrected chi connectivity index (χ0v) is 8.89. The molecule has 7 nitrogen and oxygen atoms in total. The second kappa shape index (κ2) is 4.71. The number of aliphatic carboxylic acids is 1. The lowest BCUT2D eigenvalue weighted by Crippen LogP contribution is -2.21. The number of carboxylic acids is 1. The van der Waals surface area contributed by atoms with Crippen LogP contribution in [0.5, 0.6) is 0 Å². The molecule has 0 spiro atoms. The molecule has 2 rings (SSSR count). The van der Waals surface area contributed by atoms with Gasteiger partial charge in [0.05, 0.1) is 5.92 Å². The minimum Gasteiger partial charge on any atom is -0.481 e. The van der Waals surface area contributed by atoms with Crippen molar-refractivity contribution in [2.75, 3.05) is 6.54 Å². The van der Waals surface area contributed by atoms with Crippen LogP contribution in [0.1, 0.15) is 11.5 Å². The van der Waals surface area contributed by atoms with Gasteiger partial charge in [0.2, 0.25) is 0 Å². The standard InChI is InChI=1S/C10H11N5O2/c11-3-8(10(16)17)7-1-2-9(13-4-7)15-6-12-5-14-15/h1-2,4-6,8H,3,11H2,(H,16,17). The Kier molecular flexibility index (Phi) is 3.10. The quantitative estimate of drug-likeness (QED) is 0.756. The molecule has 0 aliphatic rings. The van der Waals surface area contributed by atoms with Crippen LogP contribution in [0.3, 0.4) is 0 Å². The maximum absolute atomic E-state index is 10.9. The zero-order chi connectivity index (χ0) is 12.3. The topological polar surface area (TPSA) is 107 Å². The van der Waals surface area contributed by atoms with Gasteiger partial charge in [-0.15, -0.1) is 0 Å². The summed E-state index contributed by atoms with van der Waals surface area (Å²) in [5.74, 6) is -1.11. The van der Waals surface area contributed by atoms with Gasteiger partial charge in [0.1, 0.15) is 12.7 Å². The number of carbonyl (C=O) groups is 1. The third-order valence-electron chi connectivity index (χ3n) is 2.36. The Morgan fingerprint density at radius 1 is 1.53 bits per heavy atom. The summed E-state index contributed by atoms with van der Waals surface area (Å²) in [5.41, 5.74) is 5.98. The fourth-order valence-electron chi connectivity index (χ4n) is 1.45. The number of nitrogens with two attached hydrogens (primary N) is 1. The van der Waals surface area contributed by atoms with Gasteiger partial charge in [-0.25, -0.2) is 14.6 Å². The van der Waals surface area contributed by atoms with Crippen molar-refractivity contribution in [3.8, 4) is 5.82 Å². The highest BCUT2D eigenvalue weighted by molar-refractivity contribution is 5.76. The van der Waals surface area contributed by atoms with E-state index >= 15 is 0 Å². The summed E-state index contributed by atoms with van der Waals surface area (Å²) in [7, 11) is 0. The predicted octanol–water partition coefficient (Wildman–Crippen LogP) is -0.211. The number of aromatic nitrogens is 4. The Labute approximate surface area is 96.9 Å². The number of carboxylic acid groups (broad SMARTS) is 1. The average molecular weight is 233 g/mol. The molecule has 0 aromatic carbocycles. The van der Waals surface area contributed by atoms with E-state index in [2.05, 4.69) is 15.1 Å². The van der Waals surface area contributed by atoms with E-state index in [9.17, 15) is 4.79 Å². The highest BCUT2D eigenvalue weighted by Crippen LogP contribution is 2.14. The van der Waals surface area contributed by atoms with Crippen molar-refractivity contribution in [2.45, 2.75) is 5.92 Å². The first kappa shape index (κ1) is 11.2. The molecule has 0 saturated heterocycles. The van der Waals surface area contributed by atoms with Crippen molar-refractivity contribution in [1.82, 2.24) is 19.7 Å². The lowest BCUT2D eigenvalue weighted by atomic mass is 10.0. The van der Waals surface area contributed by atoms with Crippen molar-refractivity contribution in [2.24, 2.45) is 5.73 Å². The lowest BCUT2D eigenvalue weighted by Gasteiger charge is -2.09. The van der Waals surface area contributed by atoms with Gasteiger partial charge in [0.25, 0.3) is 0 Å². The van der Waals surface area contributed by atoms with E-state index in [0.717, 1.165) is 0 Å². The Hall–Kier alpha value is -2.28. The molecule has 1 unspecified atom stereocenters.